The number of hydrogen-bond acceptors (Lipinski definition) is 4. The van der Waals surface area contributed by atoms with Gasteiger partial charge in [0.1, 0.15) is 12.7 Å². The van der Waals surface area contributed by atoms with Crippen LogP contribution in [0.25, 0.3) is 0 Å². The van der Waals surface area contributed by atoms with E-state index >= 15 is 0 Å². The topological polar surface area (TPSA) is 53.7 Å². The zero-order valence-corrected chi connectivity index (χ0v) is 9.39. The van der Waals surface area contributed by atoms with E-state index in [9.17, 15) is 0 Å². The monoisotopic (exact) mass is 223 g/mol. The molecule has 1 heterocycles. The first kappa shape index (κ1) is 11.2. The summed E-state index contributed by atoms with van der Waals surface area (Å²) in [6.07, 6.45) is -0.138. The van der Waals surface area contributed by atoms with Crippen LogP contribution in [0, 0.1) is 0 Å². The zero-order valence-electron chi connectivity index (χ0n) is 9.39. The van der Waals surface area contributed by atoms with Crippen LogP contribution in [0.5, 0.6) is 11.5 Å². The van der Waals surface area contributed by atoms with Crippen molar-refractivity contribution in [1.29, 1.82) is 0 Å². The van der Waals surface area contributed by atoms with Gasteiger partial charge in [0, 0.05) is 6.61 Å². The zero-order chi connectivity index (χ0) is 11.4. The molecule has 4 heteroatoms. The van der Waals surface area contributed by atoms with Crippen LogP contribution in [-0.4, -0.2) is 32.0 Å². The summed E-state index contributed by atoms with van der Waals surface area (Å²) in [5.74, 6) is 1.54. The lowest BCUT2D eigenvalue weighted by atomic mass is 10.1. The summed E-state index contributed by atoms with van der Waals surface area (Å²) in [6.45, 7) is 3.58. The molecule has 2 N–H and O–H groups in total. The quantitative estimate of drug-likeness (QED) is 0.833. The minimum atomic E-state index is -0.159. The number of hydrogen-bond donors (Lipinski definition) is 1. The van der Waals surface area contributed by atoms with Gasteiger partial charge in [0.2, 0.25) is 0 Å². The van der Waals surface area contributed by atoms with Crippen molar-refractivity contribution in [2.45, 2.75) is 19.1 Å². The molecule has 0 saturated carbocycles. The molecule has 1 aliphatic heterocycles. The van der Waals surface area contributed by atoms with Gasteiger partial charge in [-0.1, -0.05) is 12.1 Å². The van der Waals surface area contributed by atoms with E-state index in [2.05, 4.69) is 0 Å². The first-order valence-electron chi connectivity index (χ1n) is 5.53. The second-order valence-corrected chi connectivity index (χ2v) is 3.74. The van der Waals surface area contributed by atoms with Crippen molar-refractivity contribution in [2.24, 2.45) is 5.73 Å². The minimum absolute atomic E-state index is 0.138. The predicted molar refractivity (Wildman–Crippen MR) is 60.8 cm³/mol. The van der Waals surface area contributed by atoms with E-state index in [1.165, 1.54) is 0 Å². The summed E-state index contributed by atoms with van der Waals surface area (Å²) < 4.78 is 16.6. The third-order valence-electron chi connectivity index (χ3n) is 2.52. The summed E-state index contributed by atoms with van der Waals surface area (Å²) in [7, 11) is 0. The number of benzene rings is 1. The SMILES string of the molecule is CCOCC(N)C1COc2ccccc2O1. The number of para-hydroxylation sites is 2. The van der Waals surface area contributed by atoms with Gasteiger partial charge in [-0.3, -0.25) is 0 Å². The lowest BCUT2D eigenvalue weighted by Gasteiger charge is -2.30. The molecule has 0 spiro atoms. The Morgan fingerprint density at radius 1 is 1.44 bits per heavy atom. The molecule has 0 saturated heterocycles. The molecule has 4 nitrogen and oxygen atoms in total. The average Bonchev–Trinajstić information content (AvgIpc) is 2.35. The highest BCUT2D eigenvalue weighted by Gasteiger charge is 2.26. The molecule has 1 aliphatic rings. The van der Waals surface area contributed by atoms with Gasteiger partial charge in [-0.15, -0.1) is 0 Å². The Hall–Kier alpha value is -1.26. The highest BCUT2D eigenvalue weighted by molar-refractivity contribution is 5.40. The molecule has 2 unspecified atom stereocenters. The summed E-state index contributed by atoms with van der Waals surface area (Å²) in [5, 5.41) is 0. The van der Waals surface area contributed by atoms with E-state index < -0.39 is 0 Å². The molecule has 88 valence electrons. The second-order valence-electron chi connectivity index (χ2n) is 3.74. The van der Waals surface area contributed by atoms with Gasteiger partial charge in [0.15, 0.2) is 11.5 Å². The van der Waals surface area contributed by atoms with E-state index in [1.54, 1.807) is 0 Å². The van der Waals surface area contributed by atoms with Crippen molar-refractivity contribution >= 4 is 0 Å². The van der Waals surface area contributed by atoms with Gasteiger partial charge in [0.05, 0.1) is 12.6 Å². The summed E-state index contributed by atoms with van der Waals surface area (Å²) in [5.41, 5.74) is 5.96. The van der Waals surface area contributed by atoms with Gasteiger partial charge in [-0.25, -0.2) is 0 Å². The maximum atomic E-state index is 5.96. The number of nitrogens with two attached hydrogens (primary N) is 1. The van der Waals surface area contributed by atoms with E-state index in [-0.39, 0.29) is 12.1 Å². The summed E-state index contributed by atoms with van der Waals surface area (Å²) in [6, 6.07) is 7.45. The fourth-order valence-electron chi connectivity index (χ4n) is 1.61. The smallest absolute Gasteiger partial charge is 0.161 e. The van der Waals surface area contributed by atoms with Crippen LogP contribution in [0.2, 0.25) is 0 Å². The molecule has 2 atom stereocenters. The molecule has 0 fully saturated rings. The van der Waals surface area contributed by atoms with Crippen LogP contribution >= 0.6 is 0 Å². The van der Waals surface area contributed by atoms with Crippen LogP contribution in [0.15, 0.2) is 24.3 Å². The Morgan fingerprint density at radius 3 is 2.94 bits per heavy atom. The van der Waals surface area contributed by atoms with Crippen molar-refractivity contribution in [1.82, 2.24) is 0 Å². The van der Waals surface area contributed by atoms with E-state index in [0.29, 0.717) is 19.8 Å². The third kappa shape index (κ3) is 2.46. The molecule has 0 bridgehead atoms. The van der Waals surface area contributed by atoms with Gasteiger partial charge < -0.3 is 19.9 Å². The normalized spacial score (nSPS) is 20.5. The largest absolute Gasteiger partial charge is 0.486 e. The Kier molecular flexibility index (Phi) is 3.64. The maximum absolute atomic E-state index is 5.96. The Bertz CT molecular complexity index is 343. The van der Waals surface area contributed by atoms with Crippen molar-refractivity contribution in [3.63, 3.8) is 0 Å². The lowest BCUT2D eigenvalue weighted by Crippen LogP contribution is -2.47. The van der Waals surface area contributed by atoms with Crippen LogP contribution < -0.4 is 15.2 Å². The maximum Gasteiger partial charge on any atom is 0.161 e. The number of rotatable bonds is 4. The predicted octanol–water partition coefficient (Wildman–Crippen LogP) is 1.19. The highest BCUT2D eigenvalue weighted by atomic mass is 16.6. The standard InChI is InChI=1S/C12H17NO3/c1-2-14-7-9(13)12-8-15-10-5-3-4-6-11(10)16-12/h3-6,9,12H,2,7-8,13H2,1H3. The van der Waals surface area contributed by atoms with E-state index in [1.807, 2.05) is 31.2 Å². The molecule has 16 heavy (non-hydrogen) atoms. The van der Waals surface area contributed by atoms with Gasteiger partial charge >= 0.3 is 0 Å². The fourth-order valence-corrected chi connectivity index (χ4v) is 1.61. The number of ether oxygens (including phenoxy) is 3. The summed E-state index contributed by atoms with van der Waals surface area (Å²) >= 11 is 0. The molecule has 0 radical (unpaired) electrons. The summed E-state index contributed by atoms with van der Waals surface area (Å²) in [4.78, 5) is 0. The van der Waals surface area contributed by atoms with E-state index in [4.69, 9.17) is 19.9 Å². The van der Waals surface area contributed by atoms with Gasteiger partial charge in [-0.05, 0) is 19.1 Å². The second kappa shape index (κ2) is 5.18. The molecule has 0 aromatic heterocycles. The first-order chi connectivity index (χ1) is 7.81. The average molecular weight is 223 g/mol. The van der Waals surface area contributed by atoms with Crippen LogP contribution in [0.4, 0.5) is 0 Å². The molecule has 1 aromatic carbocycles. The molecule has 1 aromatic rings. The van der Waals surface area contributed by atoms with Crippen molar-refractivity contribution in [3.8, 4) is 11.5 Å². The highest BCUT2D eigenvalue weighted by Crippen LogP contribution is 2.31. The van der Waals surface area contributed by atoms with Crippen molar-refractivity contribution in [3.05, 3.63) is 24.3 Å². The lowest BCUT2D eigenvalue weighted by molar-refractivity contribution is 0.0354. The molecule has 2 rings (SSSR count). The Balaban J connectivity index is 1.97. The van der Waals surface area contributed by atoms with Crippen molar-refractivity contribution < 1.29 is 14.2 Å². The molecular weight excluding hydrogens is 206 g/mol. The molecular formula is C12H17NO3. The van der Waals surface area contributed by atoms with Crippen LogP contribution in [-0.2, 0) is 4.74 Å². The third-order valence-corrected chi connectivity index (χ3v) is 2.52. The Morgan fingerprint density at radius 2 is 2.19 bits per heavy atom. The van der Waals surface area contributed by atoms with Crippen LogP contribution in [0.1, 0.15) is 6.92 Å². The van der Waals surface area contributed by atoms with Gasteiger partial charge in [-0.2, -0.15) is 0 Å². The number of fused-ring (bicyclic) bond motifs is 1. The van der Waals surface area contributed by atoms with Crippen molar-refractivity contribution in [2.75, 3.05) is 19.8 Å². The minimum Gasteiger partial charge on any atom is -0.486 e. The molecule has 0 amide bonds. The van der Waals surface area contributed by atoms with Crippen LogP contribution in [0.3, 0.4) is 0 Å². The van der Waals surface area contributed by atoms with E-state index in [0.717, 1.165) is 11.5 Å². The fraction of sp³-hybridized carbons (Fsp3) is 0.500. The van der Waals surface area contributed by atoms with Gasteiger partial charge in [0.25, 0.3) is 0 Å². The molecule has 0 aliphatic carbocycles. The first-order valence-corrected chi connectivity index (χ1v) is 5.53. The Labute approximate surface area is 95.3 Å².